The highest BCUT2D eigenvalue weighted by atomic mass is 28.3. The Labute approximate surface area is 120 Å². The molecule has 3 fully saturated rings. The number of hydrogen-bond donors (Lipinski definition) is 0. The van der Waals surface area contributed by atoms with E-state index in [1.807, 2.05) is 13.8 Å². The van der Waals surface area contributed by atoms with Gasteiger partial charge in [-0.25, -0.2) is 4.79 Å². The van der Waals surface area contributed by atoms with Crippen molar-refractivity contribution in [1.82, 2.24) is 0 Å². The van der Waals surface area contributed by atoms with Crippen molar-refractivity contribution in [2.45, 2.75) is 63.7 Å². The van der Waals surface area contributed by atoms with Gasteiger partial charge in [-0.2, -0.15) is 0 Å². The maximum atomic E-state index is 12.2. The normalized spacial score (nSPS) is 41.5. The standard InChI is InChI=1S/C14H22O5Si/c1-14(2)18-11-9-6-16-13(15)8(7-20(3,4)5)10(17-9)12(11)19-14/h7,9-12H,6H2,1-5H3/b8-7+/t9-,10+,11-,12+/m1/s1. The lowest BCUT2D eigenvalue weighted by Gasteiger charge is -2.23. The van der Waals surface area contributed by atoms with Crippen LogP contribution in [0.25, 0.3) is 0 Å². The molecule has 3 heterocycles. The highest BCUT2D eigenvalue weighted by Crippen LogP contribution is 2.42. The van der Waals surface area contributed by atoms with Gasteiger partial charge in [-0.05, 0) is 13.8 Å². The maximum absolute atomic E-state index is 12.2. The zero-order valence-electron chi connectivity index (χ0n) is 12.6. The lowest BCUT2D eigenvalue weighted by molar-refractivity contribution is -0.183. The highest BCUT2D eigenvalue weighted by molar-refractivity contribution is 6.81. The number of esters is 1. The second-order valence-corrected chi connectivity index (χ2v) is 12.2. The van der Waals surface area contributed by atoms with Crippen LogP contribution in [0.1, 0.15) is 13.8 Å². The molecule has 0 saturated carbocycles. The Bertz CT molecular complexity index is 465. The molecule has 2 bridgehead atoms. The summed E-state index contributed by atoms with van der Waals surface area (Å²) in [6.07, 6.45) is -0.977. The molecule has 5 nitrogen and oxygen atoms in total. The Morgan fingerprint density at radius 2 is 1.85 bits per heavy atom. The molecular weight excluding hydrogens is 276 g/mol. The molecule has 20 heavy (non-hydrogen) atoms. The van der Waals surface area contributed by atoms with Gasteiger partial charge < -0.3 is 18.9 Å². The Morgan fingerprint density at radius 3 is 2.50 bits per heavy atom. The van der Waals surface area contributed by atoms with Crippen LogP contribution < -0.4 is 0 Å². The van der Waals surface area contributed by atoms with E-state index in [0.717, 1.165) is 0 Å². The van der Waals surface area contributed by atoms with Gasteiger partial charge in [0.15, 0.2) is 5.79 Å². The molecule has 0 aromatic heterocycles. The van der Waals surface area contributed by atoms with Gasteiger partial charge in [-0.15, -0.1) is 0 Å². The van der Waals surface area contributed by atoms with Crippen LogP contribution >= 0.6 is 0 Å². The van der Waals surface area contributed by atoms with Gasteiger partial charge in [0.1, 0.15) is 31.0 Å². The Balaban J connectivity index is 1.96. The molecule has 3 rings (SSSR count). The number of hydrogen-bond acceptors (Lipinski definition) is 5. The summed E-state index contributed by atoms with van der Waals surface area (Å²) in [5, 5.41) is 0. The van der Waals surface area contributed by atoms with Crippen LogP contribution in [0.5, 0.6) is 0 Å². The van der Waals surface area contributed by atoms with Crippen molar-refractivity contribution in [3.05, 3.63) is 11.3 Å². The van der Waals surface area contributed by atoms with Gasteiger partial charge >= 0.3 is 5.97 Å². The fourth-order valence-corrected chi connectivity index (χ4v) is 4.25. The van der Waals surface area contributed by atoms with Crippen LogP contribution in [0.3, 0.4) is 0 Å². The number of carbonyl (C=O) groups excluding carboxylic acids is 1. The first-order valence-electron chi connectivity index (χ1n) is 7.07. The molecule has 0 aromatic carbocycles. The van der Waals surface area contributed by atoms with Crippen molar-refractivity contribution in [3.63, 3.8) is 0 Å². The van der Waals surface area contributed by atoms with Crippen molar-refractivity contribution >= 4 is 14.0 Å². The summed E-state index contributed by atoms with van der Waals surface area (Å²) in [4.78, 5) is 12.2. The number of fused-ring (bicyclic) bond motifs is 5. The minimum atomic E-state index is -1.57. The lowest BCUT2D eigenvalue weighted by atomic mass is 10.0. The third-order valence-electron chi connectivity index (χ3n) is 3.66. The third kappa shape index (κ3) is 2.45. The Hall–Kier alpha value is -0.693. The van der Waals surface area contributed by atoms with E-state index in [1.54, 1.807) is 0 Å². The molecule has 0 aliphatic carbocycles. The summed E-state index contributed by atoms with van der Waals surface area (Å²) in [6.45, 7) is 10.6. The topological polar surface area (TPSA) is 54.0 Å². The molecule has 3 aliphatic rings. The van der Waals surface area contributed by atoms with Gasteiger partial charge in [0.25, 0.3) is 0 Å². The van der Waals surface area contributed by atoms with Crippen LogP contribution in [-0.4, -0.2) is 50.9 Å². The predicted octanol–water partition coefficient (Wildman–Crippen LogP) is 1.63. The number of cyclic esters (lactones) is 1. The minimum Gasteiger partial charge on any atom is -0.459 e. The fourth-order valence-electron chi connectivity index (χ4n) is 3.03. The van der Waals surface area contributed by atoms with Crippen LogP contribution in [0.2, 0.25) is 19.6 Å². The van der Waals surface area contributed by atoms with Crippen molar-refractivity contribution in [3.8, 4) is 0 Å². The first-order chi connectivity index (χ1) is 9.16. The summed E-state index contributed by atoms with van der Waals surface area (Å²) < 4.78 is 23.2. The van der Waals surface area contributed by atoms with Crippen LogP contribution in [-0.2, 0) is 23.7 Å². The van der Waals surface area contributed by atoms with Gasteiger partial charge in [0, 0.05) is 0 Å². The quantitative estimate of drug-likeness (QED) is 0.418. The number of ether oxygens (including phenoxy) is 4. The second kappa shape index (κ2) is 4.40. The average Bonchev–Trinajstić information content (AvgIpc) is 2.69. The smallest absolute Gasteiger partial charge is 0.336 e. The minimum absolute atomic E-state index is 0.159. The van der Waals surface area contributed by atoms with E-state index in [-0.39, 0.29) is 37.0 Å². The van der Waals surface area contributed by atoms with E-state index >= 15 is 0 Å². The summed E-state index contributed by atoms with van der Waals surface area (Å²) in [5.41, 5.74) is 2.67. The van der Waals surface area contributed by atoms with E-state index < -0.39 is 13.9 Å². The lowest BCUT2D eigenvalue weighted by Crippen LogP contribution is -2.37. The molecule has 3 aliphatic heterocycles. The second-order valence-electron chi connectivity index (χ2n) is 7.22. The van der Waals surface area contributed by atoms with E-state index in [2.05, 4.69) is 25.3 Å². The monoisotopic (exact) mass is 298 g/mol. The summed E-state index contributed by atoms with van der Waals surface area (Å²) in [7, 11) is -1.57. The average molecular weight is 298 g/mol. The molecule has 3 saturated heterocycles. The fraction of sp³-hybridized carbons (Fsp3) is 0.786. The molecule has 112 valence electrons. The first-order valence-corrected chi connectivity index (χ1v) is 10.6. The molecule has 0 amide bonds. The summed E-state index contributed by atoms with van der Waals surface area (Å²) >= 11 is 0. The summed E-state index contributed by atoms with van der Waals surface area (Å²) in [5.74, 6) is -0.903. The third-order valence-corrected chi connectivity index (χ3v) is 4.84. The van der Waals surface area contributed by atoms with Gasteiger partial charge in [0.2, 0.25) is 0 Å². The predicted molar refractivity (Wildman–Crippen MR) is 74.9 cm³/mol. The molecule has 0 spiro atoms. The summed E-state index contributed by atoms with van der Waals surface area (Å²) in [6, 6.07) is 0. The van der Waals surface area contributed by atoms with Crippen LogP contribution in [0, 0.1) is 0 Å². The van der Waals surface area contributed by atoms with Crippen molar-refractivity contribution in [1.29, 1.82) is 0 Å². The van der Waals surface area contributed by atoms with E-state index in [0.29, 0.717) is 5.57 Å². The highest BCUT2D eigenvalue weighted by Gasteiger charge is 2.58. The zero-order valence-corrected chi connectivity index (χ0v) is 13.6. The van der Waals surface area contributed by atoms with E-state index in [9.17, 15) is 4.79 Å². The number of carbonyl (C=O) groups is 1. The number of rotatable bonds is 1. The van der Waals surface area contributed by atoms with Crippen LogP contribution in [0.15, 0.2) is 11.3 Å². The van der Waals surface area contributed by atoms with Crippen LogP contribution in [0.4, 0.5) is 0 Å². The molecule has 0 N–H and O–H groups in total. The molecule has 4 atom stereocenters. The molecule has 0 unspecified atom stereocenters. The zero-order chi connectivity index (χ0) is 14.7. The van der Waals surface area contributed by atoms with Gasteiger partial charge in [0.05, 0.1) is 13.6 Å². The van der Waals surface area contributed by atoms with E-state index in [4.69, 9.17) is 18.9 Å². The van der Waals surface area contributed by atoms with Gasteiger partial charge in [-0.1, -0.05) is 25.3 Å². The molecule has 0 radical (unpaired) electrons. The maximum Gasteiger partial charge on any atom is 0.336 e. The van der Waals surface area contributed by atoms with Crippen molar-refractivity contribution in [2.75, 3.05) is 6.61 Å². The van der Waals surface area contributed by atoms with E-state index in [1.165, 1.54) is 0 Å². The Kier molecular flexibility index (Phi) is 3.13. The molecular formula is C14H22O5Si. The largest absolute Gasteiger partial charge is 0.459 e. The van der Waals surface area contributed by atoms with Crippen molar-refractivity contribution in [2.24, 2.45) is 0 Å². The first kappa shape index (κ1) is 14.3. The molecule has 6 heteroatoms. The van der Waals surface area contributed by atoms with Crippen molar-refractivity contribution < 1.29 is 23.7 Å². The SMILES string of the molecule is CC1(C)O[C@@H]2[C@H](O1)[C@H]1COC(=O)/C(=C/[Si](C)(C)C)[C@@H]2O1. The Morgan fingerprint density at radius 1 is 1.20 bits per heavy atom. The molecule has 0 aromatic rings. The van der Waals surface area contributed by atoms with Gasteiger partial charge in [-0.3, -0.25) is 0 Å².